The van der Waals surface area contributed by atoms with Crippen LogP contribution in [0, 0.1) is 5.82 Å². The van der Waals surface area contributed by atoms with E-state index in [4.69, 9.17) is 21.1 Å². The van der Waals surface area contributed by atoms with Crippen molar-refractivity contribution >= 4 is 28.9 Å². The summed E-state index contributed by atoms with van der Waals surface area (Å²) in [5.74, 6) is -0.391. The van der Waals surface area contributed by atoms with E-state index in [1.165, 1.54) is 23.5 Å². The molecule has 2 aromatic carbocycles. The highest BCUT2D eigenvalue weighted by Crippen LogP contribution is 2.25. The van der Waals surface area contributed by atoms with Crippen LogP contribution >= 0.6 is 22.9 Å². The Morgan fingerprint density at radius 3 is 2.68 bits per heavy atom. The fourth-order valence-electron chi connectivity index (χ4n) is 1.99. The van der Waals surface area contributed by atoms with E-state index < -0.39 is 5.97 Å². The van der Waals surface area contributed by atoms with Crippen molar-refractivity contribution in [3.05, 3.63) is 70.4 Å². The fraction of sp³-hybridized carbons (Fsp3) is 0.111. The molecule has 0 N–H and O–H groups in total. The van der Waals surface area contributed by atoms with Crippen LogP contribution in [0.4, 0.5) is 4.39 Å². The molecule has 0 unspecified atom stereocenters. The monoisotopic (exact) mass is 377 g/mol. The lowest BCUT2D eigenvalue weighted by Crippen LogP contribution is -2.15. The Morgan fingerprint density at radius 1 is 1.16 bits per heavy atom. The van der Waals surface area contributed by atoms with Gasteiger partial charge < -0.3 is 9.47 Å². The van der Waals surface area contributed by atoms with E-state index in [1.807, 2.05) is 0 Å². The van der Waals surface area contributed by atoms with Crippen LogP contribution in [0.1, 0.15) is 5.69 Å². The lowest BCUT2D eigenvalue weighted by atomic mass is 10.2. The topological polar surface area (TPSA) is 48.4 Å². The maximum absolute atomic E-state index is 12.9. The number of nitrogens with zero attached hydrogens (tertiary/aromatic N) is 1. The minimum atomic E-state index is -0.517. The van der Waals surface area contributed by atoms with Crippen molar-refractivity contribution in [2.24, 2.45) is 0 Å². The van der Waals surface area contributed by atoms with Gasteiger partial charge in [-0.1, -0.05) is 23.7 Å². The Hall–Kier alpha value is -2.44. The van der Waals surface area contributed by atoms with Gasteiger partial charge in [-0.15, -0.1) is 11.3 Å². The van der Waals surface area contributed by atoms with Crippen molar-refractivity contribution < 1.29 is 18.7 Å². The van der Waals surface area contributed by atoms with Crippen molar-refractivity contribution in [1.82, 2.24) is 4.98 Å². The van der Waals surface area contributed by atoms with Crippen LogP contribution in [0.2, 0.25) is 5.02 Å². The third kappa shape index (κ3) is 4.78. The Morgan fingerprint density at radius 2 is 1.92 bits per heavy atom. The van der Waals surface area contributed by atoms with Crippen molar-refractivity contribution in [1.29, 1.82) is 0 Å². The van der Waals surface area contributed by atoms with E-state index in [0.29, 0.717) is 16.5 Å². The number of rotatable bonds is 6. The quantitative estimate of drug-likeness (QED) is 0.583. The van der Waals surface area contributed by atoms with Gasteiger partial charge in [-0.25, -0.2) is 14.2 Å². The predicted molar refractivity (Wildman–Crippen MR) is 94.3 cm³/mol. The molecular formula is C18H13ClFNO3S. The first-order valence-electron chi connectivity index (χ1n) is 7.35. The molecule has 128 valence electrons. The molecule has 1 heterocycles. The molecule has 0 spiro atoms. The summed E-state index contributed by atoms with van der Waals surface area (Å²) in [5, 5.41) is 2.96. The van der Waals surface area contributed by atoms with Crippen molar-refractivity contribution in [2.75, 3.05) is 6.61 Å². The van der Waals surface area contributed by atoms with E-state index in [0.717, 1.165) is 10.6 Å². The molecule has 1 aromatic heterocycles. The lowest BCUT2D eigenvalue weighted by Gasteiger charge is -2.07. The second-order valence-electron chi connectivity index (χ2n) is 5.03. The van der Waals surface area contributed by atoms with Gasteiger partial charge in [0.1, 0.15) is 23.2 Å². The highest BCUT2D eigenvalue weighted by atomic mass is 35.5. The molecule has 3 aromatic rings. The summed E-state index contributed by atoms with van der Waals surface area (Å²) < 4.78 is 23.4. The summed E-state index contributed by atoms with van der Waals surface area (Å²) in [6.07, 6.45) is 0. The first-order chi connectivity index (χ1) is 12.1. The van der Waals surface area contributed by atoms with Crippen molar-refractivity contribution in [3.8, 4) is 16.3 Å². The van der Waals surface area contributed by atoms with Gasteiger partial charge in [0.05, 0.1) is 10.7 Å². The summed E-state index contributed by atoms with van der Waals surface area (Å²) in [5.41, 5.74) is 1.43. The van der Waals surface area contributed by atoms with Gasteiger partial charge in [-0.05, 0) is 36.4 Å². The molecule has 0 atom stereocenters. The third-order valence-electron chi connectivity index (χ3n) is 3.21. The Kier molecular flexibility index (Phi) is 5.63. The standard InChI is InChI=1S/C18H13ClFNO3S/c19-15-3-1-2-4-16(15)23-10-17(22)24-9-14-11-25-18(21-14)12-5-7-13(20)8-6-12/h1-8,11H,9-10H2. The molecule has 7 heteroatoms. The molecule has 3 rings (SSSR count). The van der Waals surface area contributed by atoms with E-state index >= 15 is 0 Å². The van der Waals surface area contributed by atoms with Crippen LogP contribution in [0.5, 0.6) is 5.75 Å². The predicted octanol–water partition coefficient (Wildman–Crippen LogP) is 4.72. The van der Waals surface area contributed by atoms with Gasteiger partial charge >= 0.3 is 5.97 Å². The van der Waals surface area contributed by atoms with E-state index in [-0.39, 0.29) is 19.0 Å². The normalized spacial score (nSPS) is 10.5. The molecule has 0 bridgehead atoms. The molecule has 0 saturated heterocycles. The van der Waals surface area contributed by atoms with Crippen LogP contribution in [0.3, 0.4) is 0 Å². The molecule has 0 fully saturated rings. The largest absolute Gasteiger partial charge is 0.480 e. The average Bonchev–Trinajstić information content (AvgIpc) is 3.09. The number of hydrogen-bond donors (Lipinski definition) is 0. The molecule has 4 nitrogen and oxygen atoms in total. The lowest BCUT2D eigenvalue weighted by molar-refractivity contribution is -0.147. The molecular weight excluding hydrogens is 365 g/mol. The minimum absolute atomic E-state index is 0.0441. The number of aromatic nitrogens is 1. The summed E-state index contributed by atoms with van der Waals surface area (Å²) >= 11 is 7.34. The highest BCUT2D eigenvalue weighted by Gasteiger charge is 2.10. The van der Waals surface area contributed by atoms with Crippen molar-refractivity contribution in [3.63, 3.8) is 0 Å². The first kappa shape index (κ1) is 17.4. The van der Waals surface area contributed by atoms with Gasteiger partial charge in [-0.2, -0.15) is 0 Å². The second kappa shape index (κ2) is 8.09. The Balaban J connectivity index is 1.51. The smallest absolute Gasteiger partial charge is 0.344 e. The zero-order valence-electron chi connectivity index (χ0n) is 12.9. The Labute approximate surface area is 152 Å². The van der Waals surface area contributed by atoms with Gasteiger partial charge in [0.2, 0.25) is 0 Å². The zero-order chi connectivity index (χ0) is 17.6. The number of halogens is 2. The molecule has 0 saturated carbocycles. The van der Waals surface area contributed by atoms with Crippen LogP contribution in [-0.4, -0.2) is 17.6 Å². The molecule has 25 heavy (non-hydrogen) atoms. The molecule has 0 radical (unpaired) electrons. The average molecular weight is 378 g/mol. The number of hydrogen-bond acceptors (Lipinski definition) is 5. The number of para-hydroxylation sites is 1. The van der Waals surface area contributed by atoms with Crippen molar-refractivity contribution in [2.45, 2.75) is 6.61 Å². The van der Waals surface area contributed by atoms with E-state index in [9.17, 15) is 9.18 Å². The minimum Gasteiger partial charge on any atom is -0.480 e. The van der Waals surface area contributed by atoms with E-state index in [2.05, 4.69) is 4.98 Å². The SMILES string of the molecule is O=C(COc1ccccc1Cl)OCc1csc(-c2ccc(F)cc2)n1. The number of benzene rings is 2. The van der Waals surface area contributed by atoms with Gasteiger partial charge in [0.25, 0.3) is 0 Å². The summed E-state index contributed by atoms with van der Waals surface area (Å²) in [6, 6.07) is 12.9. The van der Waals surface area contributed by atoms with Gasteiger partial charge in [0.15, 0.2) is 6.61 Å². The molecule has 0 aliphatic rings. The molecule has 0 amide bonds. The zero-order valence-corrected chi connectivity index (χ0v) is 14.5. The second-order valence-corrected chi connectivity index (χ2v) is 6.30. The van der Waals surface area contributed by atoms with Crippen LogP contribution in [0.15, 0.2) is 53.9 Å². The maximum Gasteiger partial charge on any atom is 0.344 e. The fourth-order valence-corrected chi connectivity index (χ4v) is 2.99. The third-order valence-corrected chi connectivity index (χ3v) is 4.46. The molecule has 0 aliphatic carbocycles. The van der Waals surface area contributed by atoms with Gasteiger partial charge in [0, 0.05) is 10.9 Å². The summed E-state index contributed by atoms with van der Waals surface area (Å²) in [4.78, 5) is 16.1. The number of carbonyl (C=O) groups is 1. The molecule has 0 aliphatic heterocycles. The summed E-state index contributed by atoms with van der Waals surface area (Å²) in [7, 11) is 0. The van der Waals surface area contributed by atoms with Crippen LogP contribution in [0.25, 0.3) is 10.6 Å². The van der Waals surface area contributed by atoms with E-state index in [1.54, 1.807) is 41.8 Å². The van der Waals surface area contributed by atoms with Crippen LogP contribution in [-0.2, 0) is 16.1 Å². The maximum atomic E-state index is 12.9. The number of carbonyl (C=O) groups excluding carboxylic acids is 1. The number of thiazole rings is 1. The Bertz CT molecular complexity index is 867. The van der Waals surface area contributed by atoms with Crippen LogP contribution < -0.4 is 4.74 Å². The number of ether oxygens (including phenoxy) is 2. The number of esters is 1. The summed E-state index contributed by atoms with van der Waals surface area (Å²) in [6.45, 7) is -0.193. The highest BCUT2D eigenvalue weighted by molar-refractivity contribution is 7.13. The van der Waals surface area contributed by atoms with Gasteiger partial charge in [-0.3, -0.25) is 0 Å². The first-order valence-corrected chi connectivity index (χ1v) is 8.61.